The molecule has 0 aliphatic carbocycles. The smallest absolute Gasteiger partial charge is 0.262 e. The summed E-state index contributed by atoms with van der Waals surface area (Å²) in [5.41, 5.74) is 3.76. The second-order valence-electron chi connectivity index (χ2n) is 7.49. The minimum atomic E-state index is -0.0475. The minimum absolute atomic E-state index is 0.0475. The first kappa shape index (κ1) is 21.8. The van der Waals surface area contributed by atoms with E-state index in [1.54, 1.807) is 28.3 Å². The van der Waals surface area contributed by atoms with Crippen molar-refractivity contribution < 1.29 is 0 Å². The zero-order valence-corrected chi connectivity index (χ0v) is 19.9. The van der Waals surface area contributed by atoms with Crippen molar-refractivity contribution >= 4 is 45.6 Å². The van der Waals surface area contributed by atoms with Crippen LogP contribution in [0.5, 0.6) is 0 Å². The SMILES string of the molecule is O=c1c2ccccc2nc(SCc2csc(Cc3ccc(Cl)cc3)n2)n1Cc1cccnc1. The van der Waals surface area contributed by atoms with Crippen LogP contribution in [-0.2, 0) is 18.7 Å². The Morgan fingerprint density at radius 3 is 2.64 bits per heavy atom. The first-order valence-electron chi connectivity index (χ1n) is 10.3. The fourth-order valence-corrected chi connectivity index (χ4v) is 5.43. The van der Waals surface area contributed by atoms with Gasteiger partial charge in [-0.2, -0.15) is 0 Å². The molecular weight excluding hydrogens is 472 g/mol. The van der Waals surface area contributed by atoms with Crippen molar-refractivity contribution in [2.45, 2.75) is 23.9 Å². The van der Waals surface area contributed by atoms with Gasteiger partial charge in [-0.25, -0.2) is 9.97 Å². The van der Waals surface area contributed by atoms with Gasteiger partial charge in [-0.05, 0) is 41.5 Å². The fraction of sp³-hybridized carbons (Fsp3) is 0.120. The summed E-state index contributed by atoms with van der Waals surface area (Å²) in [5.74, 6) is 0.634. The summed E-state index contributed by atoms with van der Waals surface area (Å²) in [6.45, 7) is 0.422. The summed E-state index contributed by atoms with van der Waals surface area (Å²) in [4.78, 5) is 27.0. The van der Waals surface area contributed by atoms with Gasteiger partial charge < -0.3 is 0 Å². The predicted octanol–water partition coefficient (Wildman–Crippen LogP) is 5.83. The first-order valence-corrected chi connectivity index (χ1v) is 12.6. The minimum Gasteiger partial charge on any atom is -0.283 e. The number of pyridine rings is 1. The van der Waals surface area contributed by atoms with Gasteiger partial charge in [0.05, 0.1) is 28.1 Å². The number of hydrogen-bond acceptors (Lipinski definition) is 6. The van der Waals surface area contributed by atoms with Crippen molar-refractivity contribution in [1.29, 1.82) is 0 Å². The highest BCUT2D eigenvalue weighted by atomic mass is 35.5. The normalized spacial score (nSPS) is 11.2. The first-order chi connectivity index (χ1) is 16.2. The molecule has 0 radical (unpaired) electrons. The molecular formula is C25H19ClN4OS2. The van der Waals surface area contributed by atoms with E-state index in [2.05, 4.69) is 10.4 Å². The summed E-state index contributed by atoms with van der Waals surface area (Å²) in [7, 11) is 0. The van der Waals surface area contributed by atoms with E-state index in [9.17, 15) is 4.79 Å². The molecule has 0 atom stereocenters. The van der Waals surface area contributed by atoms with Gasteiger partial charge in [-0.15, -0.1) is 11.3 Å². The van der Waals surface area contributed by atoms with E-state index in [1.807, 2.05) is 60.7 Å². The maximum Gasteiger partial charge on any atom is 0.262 e. The molecule has 0 aliphatic heterocycles. The van der Waals surface area contributed by atoms with Crippen LogP contribution >= 0.6 is 34.7 Å². The number of thiazole rings is 1. The quantitative estimate of drug-likeness (QED) is 0.212. The Bertz CT molecular complexity index is 1450. The molecule has 0 aliphatic rings. The number of para-hydroxylation sites is 1. The lowest BCUT2D eigenvalue weighted by atomic mass is 10.2. The molecule has 33 heavy (non-hydrogen) atoms. The number of halogens is 1. The van der Waals surface area contributed by atoms with Crippen LogP contribution in [0.2, 0.25) is 5.02 Å². The standard InChI is InChI=1S/C25H19ClN4OS2/c26-19-9-7-17(8-10-19)12-23-28-20(15-32-23)16-33-25-29-22-6-2-1-5-21(22)24(31)30(25)14-18-4-3-11-27-13-18/h1-11,13,15H,12,14,16H2. The maximum absolute atomic E-state index is 13.3. The third kappa shape index (κ3) is 5.16. The monoisotopic (exact) mass is 490 g/mol. The molecule has 2 aromatic carbocycles. The number of hydrogen-bond donors (Lipinski definition) is 0. The zero-order chi connectivity index (χ0) is 22.6. The lowest BCUT2D eigenvalue weighted by molar-refractivity contribution is 0.656. The highest BCUT2D eigenvalue weighted by Crippen LogP contribution is 2.25. The molecule has 0 N–H and O–H groups in total. The molecule has 0 saturated heterocycles. The molecule has 3 aromatic heterocycles. The molecule has 0 bridgehead atoms. The van der Waals surface area contributed by atoms with Gasteiger partial charge in [0.1, 0.15) is 0 Å². The van der Waals surface area contributed by atoms with Crippen LogP contribution in [0.1, 0.15) is 21.8 Å². The number of thioether (sulfide) groups is 1. The summed E-state index contributed by atoms with van der Waals surface area (Å²) >= 11 is 9.15. The molecule has 0 spiro atoms. The van der Waals surface area contributed by atoms with Crippen LogP contribution in [0.4, 0.5) is 0 Å². The molecule has 5 rings (SSSR count). The van der Waals surface area contributed by atoms with Crippen LogP contribution in [-0.4, -0.2) is 19.5 Å². The Morgan fingerprint density at radius 2 is 1.82 bits per heavy atom. The molecule has 8 heteroatoms. The summed E-state index contributed by atoms with van der Waals surface area (Å²) in [6.07, 6.45) is 4.27. The lowest BCUT2D eigenvalue weighted by Crippen LogP contribution is -2.24. The van der Waals surface area contributed by atoms with E-state index in [4.69, 9.17) is 21.6 Å². The Morgan fingerprint density at radius 1 is 0.970 bits per heavy atom. The molecule has 5 nitrogen and oxygen atoms in total. The average molecular weight is 491 g/mol. The van der Waals surface area contributed by atoms with Gasteiger partial charge in [0.2, 0.25) is 0 Å². The van der Waals surface area contributed by atoms with Crippen molar-refractivity contribution in [3.63, 3.8) is 0 Å². The Hall–Kier alpha value is -3.00. The molecule has 5 aromatic rings. The second kappa shape index (κ2) is 9.87. The van der Waals surface area contributed by atoms with Gasteiger partial charge >= 0.3 is 0 Å². The summed E-state index contributed by atoms with van der Waals surface area (Å²) < 4.78 is 1.73. The number of fused-ring (bicyclic) bond motifs is 1. The highest BCUT2D eigenvalue weighted by Gasteiger charge is 2.13. The number of rotatable bonds is 7. The van der Waals surface area contributed by atoms with Crippen LogP contribution in [0.25, 0.3) is 10.9 Å². The van der Waals surface area contributed by atoms with Crippen LogP contribution in [0.15, 0.2) is 88.4 Å². The van der Waals surface area contributed by atoms with Crippen molar-refractivity contribution in [3.05, 3.63) is 116 Å². The Balaban J connectivity index is 1.39. The predicted molar refractivity (Wildman–Crippen MR) is 135 cm³/mol. The van der Waals surface area contributed by atoms with Gasteiger partial charge in [-0.3, -0.25) is 14.3 Å². The molecule has 0 fully saturated rings. The highest BCUT2D eigenvalue weighted by molar-refractivity contribution is 7.98. The molecule has 164 valence electrons. The van der Waals surface area contributed by atoms with E-state index in [0.29, 0.717) is 28.4 Å². The number of benzene rings is 2. The van der Waals surface area contributed by atoms with Crippen LogP contribution in [0, 0.1) is 0 Å². The molecule has 0 saturated carbocycles. The summed E-state index contributed by atoms with van der Waals surface area (Å²) in [5, 5.41) is 5.14. The van der Waals surface area contributed by atoms with Crippen molar-refractivity contribution in [3.8, 4) is 0 Å². The topological polar surface area (TPSA) is 60.7 Å². The number of aromatic nitrogens is 4. The average Bonchev–Trinajstić information content (AvgIpc) is 3.29. The summed E-state index contributed by atoms with van der Waals surface area (Å²) in [6, 6.07) is 19.1. The zero-order valence-electron chi connectivity index (χ0n) is 17.5. The van der Waals surface area contributed by atoms with Crippen LogP contribution in [0.3, 0.4) is 0 Å². The lowest BCUT2D eigenvalue weighted by Gasteiger charge is -2.12. The Labute approximate surface area is 204 Å². The fourth-order valence-electron chi connectivity index (χ4n) is 3.48. The van der Waals surface area contributed by atoms with Crippen molar-refractivity contribution in [2.75, 3.05) is 0 Å². The van der Waals surface area contributed by atoms with Gasteiger partial charge in [-0.1, -0.05) is 53.7 Å². The largest absolute Gasteiger partial charge is 0.283 e. The van der Waals surface area contributed by atoms with Crippen LogP contribution < -0.4 is 5.56 Å². The van der Waals surface area contributed by atoms with Crippen molar-refractivity contribution in [1.82, 2.24) is 19.5 Å². The second-order valence-corrected chi connectivity index (χ2v) is 9.81. The Kier molecular flexibility index (Phi) is 6.53. The van der Waals surface area contributed by atoms with E-state index in [0.717, 1.165) is 27.7 Å². The third-order valence-corrected chi connectivity index (χ3v) is 7.27. The van der Waals surface area contributed by atoms with E-state index >= 15 is 0 Å². The van der Waals surface area contributed by atoms with E-state index < -0.39 is 0 Å². The van der Waals surface area contributed by atoms with Gasteiger partial charge in [0.15, 0.2) is 5.16 Å². The van der Waals surface area contributed by atoms with Gasteiger partial charge in [0.25, 0.3) is 5.56 Å². The number of nitrogens with zero attached hydrogens (tertiary/aromatic N) is 4. The molecule has 0 unspecified atom stereocenters. The van der Waals surface area contributed by atoms with E-state index in [1.165, 1.54) is 17.3 Å². The third-order valence-electron chi connectivity index (χ3n) is 5.11. The van der Waals surface area contributed by atoms with E-state index in [-0.39, 0.29) is 5.56 Å². The van der Waals surface area contributed by atoms with Gasteiger partial charge in [0, 0.05) is 35.0 Å². The maximum atomic E-state index is 13.3. The molecule has 3 heterocycles. The van der Waals surface area contributed by atoms with Crippen molar-refractivity contribution in [2.24, 2.45) is 0 Å². The molecule has 0 amide bonds.